The number of carbonyl (C=O) groups excluding carboxylic acids is 2. The number of hydrogen-bond donors (Lipinski definition) is 0. The monoisotopic (exact) mass is 224 g/mol. The summed E-state index contributed by atoms with van der Waals surface area (Å²) in [6.07, 6.45) is 0.820. The van der Waals surface area contributed by atoms with Crippen LogP contribution in [0.4, 0.5) is 4.39 Å². The molecule has 1 aromatic carbocycles. The summed E-state index contributed by atoms with van der Waals surface area (Å²) in [7, 11) is 0. The average molecular weight is 224 g/mol. The molecule has 1 rings (SSSR count). The zero-order chi connectivity index (χ0) is 12.1. The predicted molar refractivity (Wildman–Crippen MR) is 56.5 cm³/mol. The van der Waals surface area contributed by atoms with Gasteiger partial charge in [-0.2, -0.15) is 0 Å². The maximum Gasteiger partial charge on any atom is 0.345 e. The third kappa shape index (κ3) is 3.15. The molecule has 86 valence electrons. The Morgan fingerprint density at radius 3 is 2.62 bits per heavy atom. The maximum absolute atomic E-state index is 12.9. The summed E-state index contributed by atoms with van der Waals surface area (Å²) in [5.41, 5.74) is 0.528. The normalized spacial score (nSPS) is 9.94. The van der Waals surface area contributed by atoms with Crippen molar-refractivity contribution in [2.75, 3.05) is 0 Å². The van der Waals surface area contributed by atoms with Gasteiger partial charge in [0.2, 0.25) is 0 Å². The van der Waals surface area contributed by atoms with E-state index in [1.807, 2.05) is 6.92 Å². The fourth-order valence-corrected chi connectivity index (χ4v) is 1.19. The van der Waals surface area contributed by atoms with E-state index in [1.165, 1.54) is 18.2 Å². The van der Waals surface area contributed by atoms with Crippen molar-refractivity contribution < 1.29 is 18.7 Å². The molecule has 0 aliphatic heterocycles. The molecule has 1 aromatic rings. The van der Waals surface area contributed by atoms with Crippen molar-refractivity contribution in [3.63, 3.8) is 0 Å². The fourth-order valence-electron chi connectivity index (χ4n) is 1.19. The lowest BCUT2D eigenvalue weighted by Crippen LogP contribution is -2.12. The molecule has 0 amide bonds. The summed E-state index contributed by atoms with van der Waals surface area (Å²) in [6, 6.07) is 3.83. The lowest BCUT2D eigenvalue weighted by Gasteiger charge is -2.03. The largest absolute Gasteiger partial charge is 0.389 e. The second-order valence-electron chi connectivity index (χ2n) is 3.48. The van der Waals surface area contributed by atoms with Crippen LogP contribution in [0.5, 0.6) is 0 Å². The molecule has 0 N–H and O–H groups in total. The zero-order valence-corrected chi connectivity index (χ0v) is 9.25. The summed E-state index contributed by atoms with van der Waals surface area (Å²) >= 11 is 0. The molecule has 4 heteroatoms. The van der Waals surface area contributed by atoms with Crippen molar-refractivity contribution in [3.8, 4) is 0 Å². The van der Waals surface area contributed by atoms with Gasteiger partial charge in [-0.05, 0) is 37.1 Å². The highest BCUT2D eigenvalue weighted by Crippen LogP contribution is 2.10. The Morgan fingerprint density at radius 2 is 2.06 bits per heavy atom. The first-order valence-corrected chi connectivity index (χ1v) is 5.05. The maximum atomic E-state index is 12.9. The van der Waals surface area contributed by atoms with Crippen molar-refractivity contribution in [3.05, 3.63) is 35.1 Å². The lowest BCUT2D eigenvalue weighted by molar-refractivity contribution is -0.137. The van der Waals surface area contributed by atoms with E-state index in [1.54, 1.807) is 6.92 Å². The van der Waals surface area contributed by atoms with Gasteiger partial charge in [-0.1, -0.05) is 6.92 Å². The average Bonchev–Trinajstić information content (AvgIpc) is 2.22. The Kier molecular flexibility index (Phi) is 4.17. The van der Waals surface area contributed by atoms with Gasteiger partial charge in [-0.15, -0.1) is 0 Å². The summed E-state index contributed by atoms with van der Waals surface area (Å²) in [6.45, 7) is 3.35. The van der Waals surface area contributed by atoms with Gasteiger partial charge in [0.1, 0.15) is 5.82 Å². The number of benzene rings is 1. The van der Waals surface area contributed by atoms with Crippen LogP contribution in [0.15, 0.2) is 18.2 Å². The third-order valence-electron chi connectivity index (χ3n) is 2.05. The molecule has 0 aliphatic rings. The van der Waals surface area contributed by atoms with Crippen LogP contribution in [-0.2, 0) is 9.53 Å². The van der Waals surface area contributed by atoms with Crippen molar-refractivity contribution >= 4 is 11.9 Å². The summed E-state index contributed by atoms with van der Waals surface area (Å²) in [4.78, 5) is 22.5. The SMILES string of the molecule is CCCC(=O)OC(=O)c1ccc(F)c(C)c1. The number of hydrogen-bond acceptors (Lipinski definition) is 3. The second kappa shape index (κ2) is 5.39. The summed E-state index contributed by atoms with van der Waals surface area (Å²) in [5.74, 6) is -1.69. The van der Waals surface area contributed by atoms with Crippen molar-refractivity contribution in [2.45, 2.75) is 26.7 Å². The van der Waals surface area contributed by atoms with E-state index in [2.05, 4.69) is 4.74 Å². The van der Waals surface area contributed by atoms with Gasteiger partial charge in [-0.25, -0.2) is 9.18 Å². The molecule has 0 saturated heterocycles. The first kappa shape index (κ1) is 12.4. The molecule has 0 spiro atoms. The molecule has 0 heterocycles. The van der Waals surface area contributed by atoms with Crippen molar-refractivity contribution in [2.24, 2.45) is 0 Å². The number of halogens is 1. The molecule has 0 saturated carbocycles. The van der Waals surface area contributed by atoms with E-state index >= 15 is 0 Å². The summed E-state index contributed by atoms with van der Waals surface area (Å²) in [5, 5.41) is 0. The van der Waals surface area contributed by atoms with Gasteiger partial charge >= 0.3 is 11.9 Å². The van der Waals surface area contributed by atoms with E-state index in [0.717, 1.165) is 0 Å². The first-order chi connectivity index (χ1) is 7.54. The number of aryl methyl sites for hydroxylation is 1. The van der Waals surface area contributed by atoms with Gasteiger partial charge in [0.25, 0.3) is 0 Å². The first-order valence-electron chi connectivity index (χ1n) is 5.05. The van der Waals surface area contributed by atoms with Crippen LogP contribution in [0.1, 0.15) is 35.7 Å². The van der Waals surface area contributed by atoms with E-state index in [0.29, 0.717) is 12.0 Å². The quantitative estimate of drug-likeness (QED) is 0.585. The molecular weight excluding hydrogens is 211 g/mol. The molecule has 0 bridgehead atoms. The van der Waals surface area contributed by atoms with Gasteiger partial charge in [0.15, 0.2) is 0 Å². The van der Waals surface area contributed by atoms with Crippen LogP contribution < -0.4 is 0 Å². The van der Waals surface area contributed by atoms with Crippen LogP contribution in [0.3, 0.4) is 0 Å². The minimum atomic E-state index is -0.735. The minimum Gasteiger partial charge on any atom is -0.389 e. The molecule has 0 radical (unpaired) electrons. The molecule has 0 aromatic heterocycles. The Balaban J connectivity index is 2.73. The van der Waals surface area contributed by atoms with Crippen LogP contribution in [0, 0.1) is 12.7 Å². The number of carbonyl (C=O) groups is 2. The molecular formula is C12H13FO3. The van der Waals surface area contributed by atoms with Crippen LogP contribution in [0.2, 0.25) is 0 Å². The Hall–Kier alpha value is -1.71. The van der Waals surface area contributed by atoms with Gasteiger partial charge < -0.3 is 4.74 Å². The molecule has 16 heavy (non-hydrogen) atoms. The minimum absolute atomic E-state index is 0.184. The Morgan fingerprint density at radius 1 is 1.38 bits per heavy atom. The fraction of sp³-hybridized carbons (Fsp3) is 0.333. The lowest BCUT2D eigenvalue weighted by atomic mass is 10.1. The molecule has 0 atom stereocenters. The Bertz CT molecular complexity index is 413. The van der Waals surface area contributed by atoms with E-state index < -0.39 is 17.8 Å². The van der Waals surface area contributed by atoms with Gasteiger partial charge in [0.05, 0.1) is 5.56 Å². The van der Waals surface area contributed by atoms with Gasteiger partial charge in [-0.3, -0.25) is 4.79 Å². The molecule has 0 unspecified atom stereocenters. The Labute approximate surface area is 93.2 Å². The van der Waals surface area contributed by atoms with Crippen molar-refractivity contribution in [1.29, 1.82) is 0 Å². The highest BCUT2D eigenvalue weighted by Gasteiger charge is 2.13. The zero-order valence-electron chi connectivity index (χ0n) is 9.25. The van der Waals surface area contributed by atoms with E-state index in [4.69, 9.17) is 0 Å². The number of rotatable bonds is 3. The summed E-state index contributed by atoms with van der Waals surface area (Å²) < 4.78 is 17.5. The highest BCUT2D eigenvalue weighted by atomic mass is 19.1. The molecule has 3 nitrogen and oxygen atoms in total. The van der Waals surface area contributed by atoms with Crippen LogP contribution >= 0.6 is 0 Å². The number of esters is 2. The predicted octanol–water partition coefficient (Wildman–Crippen LogP) is 2.62. The van der Waals surface area contributed by atoms with E-state index in [9.17, 15) is 14.0 Å². The number of ether oxygens (including phenoxy) is 1. The highest BCUT2D eigenvalue weighted by molar-refractivity contribution is 5.96. The molecule has 0 aliphatic carbocycles. The molecule has 0 fully saturated rings. The smallest absolute Gasteiger partial charge is 0.345 e. The van der Waals surface area contributed by atoms with E-state index in [-0.39, 0.29) is 12.0 Å². The van der Waals surface area contributed by atoms with Crippen LogP contribution in [-0.4, -0.2) is 11.9 Å². The van der Waals surface area contributed by atoms with Crippen LogP contribution in [0.25, 0.3) is 0 Å². The topological polar surface area (TPSA) is 43.4 Å². The van der Waals surface area contributed by atoms with Crippen molar-refractivity contribution in [1.82, 2.24) is 0 Å². The second-order valence-corrected chi connectivity index (χ2v) is 3.48. The standard InChI is InChI=1S/C12H13FO3/c1-3-4-11(14)16-12(15)9-5-6-10(13)8(2)7-9/h5-7H,3-4H2,1-2H3. The third-order valence-corrected chi connectivity index (χ3v) is 2.05. The van der Waals surface area contributed by atoms with Gasteiger partial charge in [0, 0.05) is 6.42 Å².